The molecule has 29 heavy (non-hydrogen) atoms. The Bertz CT molecular complexity index is 1030. The summed E-state index contributed by atoms with van der Waals surface area (Å²) in [7, 11) is -2.72. The number of methoxy groups -OCH3 is 1. The van der Waals surface area contributed by atoms with Crippen LogP contribution in [0.1, 0.15) is 12.0 Å². The fraction of sp³-hybridized carbons (Fsp3) is 0.400. The van der Waals surface area contributed by atoms with E-state index >= 15 is 4.39 Å². The minimum absolute atomic E-state index is 0.0264. The lowest BCUT2D eigenvalue weighted by molar-refractivity contribution is -0.0997. The first kappa shape index (κ1) is 20.5. The van der Waals surface area contributed by atoms with Crippen molar-refractivity contribution in [3.63, 3.8) is 0 Å². The van der Waals surface area contributed by atoms with Gasteiger partial charge in [0.2, 0.25) is 0 Å². The summed E-state index contributed by atoms with van der Waals surface area (Å²) in [6, 6.07) is 7.51. The second-order valence-corrected chi connectivity index (χ2v) is 9.76. The molecule has 9 heteroatoms. The molecule has 0 aromatic heterocycles. The fourth-order valence-corrected chi connectivity index (χ4v) is 6.85. The monoisotopic (exact) mass is 444 g/mol. The van der Waals surface area contributed by atoms with E-state index in [0.717, 1.165) is 12.1 Å². The number of halogens is 3. The summed E-state index contributed by atoms with van der Waals surface area (Å²) in [5.74, 6) is -2.79. The third kappa shape index (κ3) is 3.04. The second-order valence-electron chi connectivity index (χ2n) is 7.11. The lowest BCUT2D eigenvalue weighted by Crippen LogP contribution is -2.58. The van der Waals surface area contributed by atoms with Crippen molar-refractivity contribution in [2.75, 3.05) is 26.9 Å². The summed E-state index contributed by atoms with van der Waals surface area (Å²) < 4.78 is 72.2. The quantitative estimate of drug-likeness (QED) is 0.719. The van der Waals surface area contributed by atoms with Gasteiger partial charge in [-0.05, 0) is 42.8 Å². The zero-order chi connectivity index (χ0) is 20.8. The van der Waals surface area contributed by atoms with Gasteiger partial charge in [-0.1, -0.05) is 11.6 Å². The van der Waals surface area contributed by atoms with Crippen molar-refractivity contribution < 1.29 is 31.4 Å². The number of benzene rings is 2. The molecule has 0 aliphatic carbocycles. The summed E-state index contributed by atoms with van der Waals surface area (Å²) >= 11 is 5.91. The molecular formula is C20H19ClF2O5S. The maximum atomic E-state index is 15.1. The van der Waals surface area contributed by atoms with Crippen molar-refractivity contribution in [1.29, 1.82) is 0 Å². The van der Waals surface area contributed by atoms with Crippen molar-refractivity contribution in [3.05, 3.63) is 58.6 Å². The van der Waals surface area contributed by atoms with Crippen LogP contribution in [0.25, 0.3) is 0 Å². The smallest absolute Gasteiger partial charge is 0.189 e. The summed E-state index contributed by atoms with van der Waals surface area (Å²) in [6.45, 7) is -0.000851. The number of sulfone groups is 1. The predicted molar refractivity (Wildman–Crippen MR) is 102 cm³/mol. The SMILES string of the molecule is COC[C@H]1OCC[C@]2(S(=O)(=O)c3ccc(Cl)cc3)c3c(F)ccc(F)c3OC[C@H]12. The predicted octanol–water partition coefficient (Wildman–Crippen LogP) is 3.73. The van der Waals surface area contributed by atoms with Gasteiger partial charge in [0.15, 0.2) is 21.4 Å². The van der Waals surface area contributed by atoms with Crippen LogP contribution in [0, 0.1) is 17.6 Å². The van der Waals surface area contributed by atoms with Crippen LogP contribution in [-0.2, 0) is 24.1 Å². The Balaban J connectivity index is 2.01. The molecule has 0 spiro atoms. The number of rotatable bonds is 4. The van der Waals surface area contributed by atoms with Crippen LogP contribution in [0.4, 0.5) is 8.78 Å². The van der Waals surface area contributed by atoms with E-state index in [9.17, 15) is 12.8 Å². The standard InChI is InChI=1S/C20H19ClF2O5S/c1-26-11-17-14-10-28-19-16(23)7-6-15(22)18(19)20(14,8-9-27-17)29(24,25)13-4-2-12(21)3-5-13/h2-7,14,17H,8-11H2,1H3/t14-,17-,20-/m1/s1. The molecule has 2 aliphatic heterocycles. The van der Waals surface area contributed by atoms with Crippen LogP contribution in [0.2, 0.25) is 5.02 Å². The van der Waals surface area contributed by atoms with Crippen LogP contribution in [0.15, 0.2) is 41.3 Å². The molecule has 2 aromatic rings. The first-order chi connectivity index (χ1) is 13.8. The molecule has 1 fully saturated rings. The average molecular weight is 445 g/mol. The highest BCUT2D eigenvalue weighted by Gasteiger charge is 2.61. The van der Waals surface area contributed by atoms with Crippen molar-refractivity contribution >= 4 is 21.4 Å². The molecule has 0 radical (unpaired) electrons. The van der Waals surface area contributed by atoms with Crippen LogP contribution >= 0.6 is 11.6 Å². The van der Waals surface area contributed by atoms with Crippen LogP contribution in [-0.4, -0.2) is 41.5 Å². The molecule has 2 aliphatic rings. The van der Waals surface area contributed by atoms with Gasteiger partial charge in [-0.2, -0.15) is 0 Å². The third-order valence-electron chi connectivity index (χ3n) is 5.68. The second kappa shape index (κ2) is 7.50. The molecule has 5 nitrogen and oxygen atoms in total. The van der Waals surface area contributed by atoms with E-state index in [1.54, 1.807) is 0 Å². The van der Waals surface area contributed by atoms with Gasteiger partial charge in [0.05, 0.1) is 29.8 Å². The Kier molecular flexibility index (Phi) is 5.31. The Morgan fingerprint density at radius 1 is 1.17 bits per heavy atom. The zero-order valence-corrected chi connectivity index (χ0v) is 17.1. The largest absolute Gasteiger partial charge is 0.490 e. The Morgan fingerprint density at radius 2 is 1.86 bits per heavy atom. The van der Waals surface area contributed by atoms with Gasteiger partial charge in [-0.3, -0.25) is 0 Å². The van der Waals surface area contributed by atoms with Gasteiger partial charge in [0.1, 0.15) is 10.6 Å². The van der Waals surface area contributed by atoms with Crippen molar-refractivity contribution in [3.8, 4) is 5.75 Å². The molecule has 4 rings (SSSR count). The van der Waals surface area contributed by atoms with E-state index in [4.69, 9.17) is 25.8 Å². The van der Waals surface area contributed by atoms with Gasteiger partial charge in [0, 0.05) is 24.7 Å². The summed E-state index contributed by atoms with van der Waals surface area (Å²) in [5, 5.41) is 0.367. The molecule has 2 heterocycles. The highest BCUT2D eigenvalue weighted by Crippen LogP contribution is 2.55. The van der Waals surface area contributed by atoms with E-state index in [1.165, 1.54) is 31.4 Å². The highest BCUT2D eigenvalue weighted by atomic mass is 35.5. The van der Waals surface area contributed by atoms with Gasteiger partial charge < -0.3 is 14.2 Å². The number of fused-ring (bicyclic) bond motifs is 3. The van der Waals surface area contributed by atoms with Crippen LogP contribution in [0.3, 0.4) is 0 Å². The average Bonchev–Trinajstić information content (AvgIpc) is 2.71. The number of ether oxygens (including phenoxy) is 3. The summed E-state index contributed by atoms with van der Waals surface area (Å²) in [5.41, 5.74) is -0.284. The molecule has 0 N–H and O–H groups in total. The van der Waals surface area contributed by atoms with E-state index in [1.807, 2.05) is 0 Å². The third-order valence-corrected chi connectivity index (χ3v) is 8.49. The Morgan fingerprint density at radius 3 is 2.55 bits per heavy atom. The molecule has 3 atom stereocenters. The molecule has 0 unspecified atom stereocenters. The number of hydrogen-bond donors (Lipinski definition) is 0. The Hall–Kier alpha value is -1.74. The van der Waals surface area contributed by atoms with E-state index in [0.29, 0.717) is 5.02 Å². The van der Waals surface area contributed by atoms with Gasteiger partial charge in [-0.15, -0.1) is 0 Å². The van der Waals surface area contributed by atoms with Crippen molar-refractivity contribution in [1.82, 2.24) is 0 Å². The van der Waals surface area contributed by atoms with E-state index in [2.05, 4.69) is 0 Å². The molecule has 1 saturated heterocycles. The molecule has 0 saturated carbocycles. The summed E-state index contributed by atoms with van der Waals surface area (Å²) in [4.78, 5) is -0.0264. The first-order valence-corrected chi connectivity index (χ1v) is 10.9. The fourth-order valence-electron chi connectivity index (χ4n) is 4.38. The molecular weight excluding hydrogens is 426 g/mol. The first-order valence-electron chi connectivity index (χ1n) is 9.05. The maximum absolute atomic E-state index is 15.1. The zero-order valence-electron chi connectivity index (χ0n) is 15.5. The van der Waals surface area contributed by atoms with Gasteiger partial charge in [0.25, 0.3) is 0 Å². The normalized spacial score (nSPS) is 26.3. The lowest BCUT2D eigenvalue weighted by atomic mass is 9.76. The molecule has 2 aromatic carbocycles. The van der Waals surface area contributed by atoms with E-state index < -0.39 is 38.2 Å². The van der Waals surface area contributed by atoms with E-state index in [-0.39, 0.29) is 42.4 Å². The molecule has 156 valence electrons. The highest BCUT2D eigenvalue weighted by molar-refractivity contribution is 7.92. The Labute approximate surface area is 172 Å². The van der Waals surface area contributed by atoms with Gasteiger partial charge >= 0.3 is 0 Å². The molecule has 0 amide bonds. The van der Waals surface area contributed by atoms with Crippen molar-refractivity contribution in [2.45, 2.75) is 22.2 Å². The van der Waals surface area contributed by atoms with Crippen LogP contribution < -0.4 is 4.74 Å². The van der Waals surface area contributed by atoms with Crippen LogP contribution in [0.5, 0.6) is 5.75 Å². The molecule has 0 bridgehead atoms. The van der Waals surface area contributed by atoms with Gasteiger partial charge in [-0.25, -0.2) is 17.2 Å². The number of hydrogen-bond acceptors (Lipinski definition) is 5. The minimum Gasteiger partial charge on any atom is -0.490 e. The maximum Gasteiger partial charge on any atom is 0.189 e. The minimum atomic E-state index is -4.19. The van der Waals surface area contributed by atoms with Crippen molar-refractivity contribution in [2.24, 2.45) is 5.92 Å². The lowest BCUT2D eigenvalue weighted by Gasteiger charge is -2.49. The summed E-state index contributed by atoms with van der Waals surface area (Å²) in [6.07, 6.45) is -0.703. The topological polar surface area (TPSA) is 61.8 Å².